The molecule has 0 saturated carbocycles. The summed E-state index contributed by atoms with van der Waals surface area (Å²) in [6.07, 6.45) is 0. The van der Waals surface area contributed by atoms with E-state index in [2.05, 4.69) is 4.98 Å². The highest BCUT2D eigenvalue weighted by molar-refractivity contribution is 7.71. The minimum atomic E-state index is -0.346. The first-order valence-corrected chi connectivity index (χ1v) is 6.10. The molecule has 1 heterocycles. The molecule has 0 amide bonds. The van der Waals surface area contributed by atoms with Crippen molar-refractivity contribution in [1.29, 1.82) is 0 Å². The van der Waals surface area contributed by atoms with Crippen molar-refractivity contribution in [3.05, 3.63) is 58.1 Å². The van der Waals surface area contributed by atoms with Gasteiger partial charge in [0, 0.05) is 0 Å². The molecule has 0 saturated heterocycles. The molecule has 3 rings (SSSR count). The third-order valence-corrected chi connectivity index (χ3v) is 3.34. The number of H-pyrrole nitrogens is 1. The van der Waals surface area contributed by atoms with Gasteiger partial charge in [-0.25, -0.2) is 4.39 Å². The summed E-state index contributed by atoms with van der Waals surface area (Å²) in [7, 11) is 0. The Hall–Kier alpha value is -1.65. The summed E-state index contributed by atoms with van der Waals surface area (Å²) in [6.45, 7) is 0. The summed E-state index contributed by atoms with van der Waals surface area (Å²) in [4.78, 5) is 3.07. The SMILES string of the molecule is Fc1ccc(Cl)c(-n2c(=S)[nH]c3ccccc32)c1. The number of hydrogen-bond acceptors (Lipinski definition) is 1. The summed E-state index contributed by atoms with van der Waals surface area (Å²) in [5.41, 5.74) is 2.30. The Kier molecular flexibility index (Phi) is 2.69. The van der Waals surface area contributed by atoms with Gasteiger partial charge in [0.05, 0.1) is 21.7 Å². The number of nitrogens with zero attached hydrogens (tertiary/aromatic N) is 1. The van der Waals surface area contributed by atoms with Crippen LogP contribution in [0.15, 0.2) is 42.5 Å². The molecule has 0 atom stereocenters. The zero-order chi connectivity index (χ0) is 12.7. The van der Waals surface area contributed by atoms with Crippen LogP contribution in [-0.2, 0) is 0 Å². The van der Waals surface area contributed by atoms with Gasteiger partial charge in [0.2, 0.25) is 0 Å². The number of nitrogens with one attached hydrogen (secondary N) is 1. The lowest BCUT2D eigenvalue weighted by Crippen LogP contribution is -1.95. The number of hydrogen-bond donors (Lipinski definition) is 1. The fourth-order valence-electron chi connectivity index (χ4n) is 1.95. The van der Waals surface area contributed by atoms with Crippen molar-refractivity contribution in [1.82, 2.24) is 9.55 Å². The van der Waals surface area contributed by atoms with Crippen molar-refractivity contribution in [3.63, 3.8) is 0 Å². The maximum absolute atomic E-state index is 13.4. The first-order chi connectivity index (χ1) is 8.66. The molecule has 0 aliphatic rings. The van der Waals surface area contributed by atoms with Gasteiger partial charge in [0.25, 0.3) is 0 Å². The summed E-state index contributed by atoms with van der Waals surface area (Å²) < 4.78 is 15.6. The lowest BCUT2D eigenvalue weighted by Gasteiger charge is -2.06. The smallest absolute Gasteiger partial charge is 0.182 e. The molecule has 0 aliphatic heterocycles. The molecule has 2 nitrogen and oxygen atoms in total. The Balaban J connectivity index is 2.41. The number of aromatic nitrogens is 2. The molecule has 0 spiro atoms. The molecule has 5 heteroatoms. The van der Waals surface area contributed by atoms with Gasteiger partial charge in [-0.1, -0.05) is 23.7 Å². The van der Waals surface area contributed by atoms with E-state index >= 15 is 0 Å². The van der Waals surface area contributed by atoms with Crippen molar-refractivity contribution in [2.75, 3.05) is 0 Å². The van der Waals surface area contributed by atoms with Gasteiger partial charge in [0.15, 0.2) is 4.77 Å². The molecule has 1 aromatic heterocycles. The Labute approximate surface area is 113 Å². The van der Waals surface area contributed by atoms with Crippen LogP contribution in [0.2, 0.25) is 5.02 Å². The fraction of sp³-hybridized carbons (Fsp3) is 0. The molecule has 18 heavy (non-hydrogen) atoms. The van der Waals surface area contributed by atoms with Gasteiger partial charge in [-0.3, -0.25) is 4.57 Å². The van der Waals surface area contributed by atoms with Gasteiger partial charge in [0.1, 0.15) is 5.82 Å². The third kappa shape index (κ3) is 1.74. The predicted octanol–water partition coefficient (Wildman–Crippen LogP) is 4.48. The average molecular weight is 279 g/mol. The maximum Gasteiger partial charge on any atom is 0.182 e. The zero-order valence-corrected chi connectivity index (χ0v) is 10.7. The number of fused-ring (bicyclic) bond motifs is 1. The molecular weight excluding hydrogens is 271 g/mol. The normalized spacial score (nSPS) is 11.0. The van der Waals surface area contributed by atoms with Gasteiger partial charge in [-0.2, -0.15) is 0 Å². The van der Waals surface area contributed by atoms with Crippen LogP contribution >= 0.6 is 23.8 Å². The maximum atomic E-state index is 13.4. The molecule has 0 aliphatic carbocycles. The first kappa shape index (κ1) is 11.4. The summed E-state index contributed by atoms with van der Waals surface area (Å²) in [5.74, 6) is -0.346. The van der Waals surface area contributed by atoms with Crippen molar-refractivity contribution in [3.8, 4) is 5.69 Å². The molecule has 2 aromatic carbocycles. The van der Waals surface area contributed by atoms with E-state index in [1.165, 1.54) is 18.2 Å². The second kappa shape index (κ2) is 4.23. The molecule has 0 bridgehead atoms. The quantitative estimate of drug-likeness (QED) is 0.651. The number of benzene rings is 2. The summed E-state index contributed by atoms with van der Waals surface area (Å²) >= 11 is 11.4. The Morgan fingerprint density at radius 2 is 1.94 bits per heavy atom. The number of rotatable bonds is 1. The molecule has 1 N–H and O–H groups in total. The van der Waals surface area contributed by atoms with Crippen molar-refractivity contribution < 1.29 is 4.39 Å². The first-order valence-electron chi connectivity index (χ1n) is 5.32. The number of para-hydroxylation sites is 2. The Morgan fingerprint density at radius 1 is 1.17 bits per heavy atom. The van der Waals surface area contributed by atoms with E-state index in [-0.39, 0.29) is 5.82 Å². The summed E-state index contributed by atoms with van der Waals surface area (Å²) in [6, 6.07) is 11.8. The van der Waals surface area contributed by atoms with E-state index in [9.17, 15) is 4.39 Å². The topological polar surface area (TPSA) is 20.7 Å². The van der Waals surface area contributed by atoms with Crippen LogP contribution in [0.5, 0.6) is 0 Å². The predicted molar refractivity (Wildman–Crippen MR) is 73.4 cm³/mol. The van der Waals surface area contributed by atoms with E-state index in [1.54, 1.807) is 4.57 Å². The molecule has 0 fully saturated rings. The highest BCUT2D eigenvalue weighted by Gasteiger charge is 2.10. The number of imidazole rings is 1. The van der Waals surface area contributed by atoms with Gasteiger partial charge >= 0.3 is 0 Å². The van der Waals surface area contributed by atoms with Crippen molar-refractivity contribution in [2.24, 2.45) is 0 Å². The van der Waals surface area contributed by atoms with E-state index in [4.69, 9.17) is 23.8 Å². The van der Waals surface area contributed by atoms with Crippen LogP contribution in [0.1, 0.15) is 0 Å². The van der Waals surface area contributed by atoms with Gasteiger partial charge in [-0.15, -0.1) is 0 Å². The van der Waals surface area contributed by atoms with Crippen LogP contribution in [0.3, 0.4) is 0 Å². The molecule has 0 unspecified atom stereocenters. The lowest BCUT2D eigenvalue weighted by molar-refractivity contribution is 0.626. The van der Waals surface area contributed by atoms with E-state index in [1.807, 2.05) is 24.3 Å². The Bertz CT molecular complexity index is 791. The molecular formula is C13H8ClFN2S. The number of halogens is 2. The standard InChI is InChI=1S/C13H8ClFN2S/c14-9-6-5-8(15)7-12(9)17-11-4-2-1-3-10(11)16-13(17)18/h1-7H,(H,16,18). The van der Waals surface area contributed by atoms with Crippen LogP contribution in [0.4, 0.5) is 4.39 Å². The number of aromatic amines is 1. The fourth-order valence-corrected chi connectivity index (χ4v) is 2.46. The lowest BCUT2D eigenvalue weighted by atomic mass is 10.2. The van der Waals surface area contributed by atoms with Crippen LogP contribution in [0, 0.1) is 10.6 Å². The van der Waals surface area contributed by atoms with Gasteiger partial charge < -0.3 is 4.98 Å². The highest BCUT2D eigenvalue weighted by atomic mass is 35.5. The molecule has 3 aromatic rings. The average Bonchev–Trinajstić information content (AvgIpc) is 2.68. The largest absolute Gasteiger partial charge is 0.330 e. The second-order valence-electron chi connectivity index (χ2n) is 3.88. The summed E-state index contributed by atoms with van der Waals surface area (Å²) in [5, 5.41) is 0.456. The zero-order valence-electron chi connectivity index (χ0n) is 9.15. The Morgan fingerprint density at radius 3 is 2.78 bits per heavy atom. The minimum absolute atomic E-state index is 0.346. The van der Waals surface area contributed by atoms with E-state index in [0.717, 1.165) is 11.0 Å². The van der Waals surface area contributed by atoms with Crippen molar-refractivity contribution >= 4 is 34.9 Å². The highest BCUT2D eigenvalue weighted by Crippen LogP contribution is 2.26. The second-order valence-corrected chi connectivity index (χ2v) is 4.67. The van der Waals surface area contributed by atoms with E-state index < -0.39 is 0 Å². The molecule has 0 radical (unpaired) electrons. The third-order valence-electron chi connectivity index (χ3n) is 2.74. The molecule has 90 valence electrons. The minimum Gasteiger partial charge on any atom is -0.330 e. The van der Waals surface area contributed by atoms with E-state index in [0.29, 0.717) is 15.5 Å². The van der Waals surface area contributed by atoms with Crippen LogP contribution in [0.25, 0.3) is 16.7 Å². The monoisotopic (exact) mass is 278 g/mol. The van der Waals surface area contributed by atoms with Crippen LogP contribution in [-0.4, -0.2) is 9.55 Å². The van der Waals surface area contributed by atoms with Crippen molar-refractivity contribution in [2.45, 2.75) is 0 Å². The van der Waals surface area contributed by atoms with Gasteiger partial charge in [-0.05, 0) is 42.5 Å². The van der Waals surface area contributed by atoms with Crippen LogP contribution < -0.4 is 0 Å².